The fraction of sp³-hybridized carbons (Fsp3) is 0.286. The SMILES string of the molecule is Cc1ccnc(CN)c1.Cl. The van der Waals surface area contributed by atoms with Crippen molar-refractivity contribution >= 4 is 12.4 Å². The lowest BCUT2D eigenvalue weighted by molar-refractivity contribution is 0.984. The molecule has 0 atom stereocenters. The van der Waals surface area contributed by atoms with Crippen molar-refractivity contribution in [1.82, 2.24) is 4.98 Å². The van der Waals surface area contributed by atoms with E-state index in [0.29, 0.717) is 6.54 Å². The highest BCUT2D eigenvalue weighted by atomic mass is 35.5. The smallest absolute Gasteiger partial charge is 0.0542 e. The topological polar surface area (TPSA) is 38.9 Å². The summed E-state index contributed by atoms with van der Waals surface area (Å²) in [6, 6.07) is 3.94. The number of halogens is 1. The van der Waals surface area contributed by atoms with Crippen LogP contribution in [0.4, 0.5) is 0 Å². The number of pyridine rings is 1. The van der Waals surface area contributed by atoms with E-state index in [1.165, 1.54) is 5.56 Å². The van der Waals surface area contributed by atoms with Gasteiger partial charge >= 0.3 is 0 Å². The van der Waals surface area contributed by atoms with Crippen molar-refractivity contribution in [3.63, 3.8) is 0 Å². The van der Waals surface area contributed by atoms with Crippen molar-refractivity contribution in [3.05, 3.63) is 29.6 Å². The number of nitrogens with zero attached hydrogens (tertiary/aromatic N) is 1. The highest BCUT2D eigenvalue weighted by Crippen LogP contribution is 1.97. The van der Waals surface area contributed by atoms with Gasteiger partial charge in [-0.15, -0.1) is 12.4 Å². The minimum absolute atomic E-state index is 0. The third kappa shape index (κ3) is 2.33. The van der Waals surface area contributed by atoms with E-state index in [2.05, 4.69) is 4.98 Å². The minimum atomic E-state index is 0. The third-order valence-corrected chi connectivity index (χ3v) is 1.18. The average Bonchev–Trinajstić information content (AvgIpc) is 1.88. The fourth-order valence-corrected chi connectivity index (χ4v) is 0.710. The summed E-state index contributed by atoms with van der Waals surface area (Å²) in [6.07, 6.45) is 1.78. The Morgan fingerprint density at radius 1 is 1.60 bits per heavy atom. The van der Waals surface area contributed by atoms with Crippen LogP contribution in [0.3, 0.4) is 0 Å². The molecule has 0 bridgehead atoms. The molecule has 3 heteroatoms. The van der Waals surface area contributed by atoms with Gasteiger partial charge < -0.3 is 5.73 Å². The molecule has 1 heterocycles. The molecule has 1 aromatic heterocycles. The lowest BCUT2D eigenvalue weighted by Gasteiger charge is -1.94. The Morgan fingerprint density at radius 2 is 2.30 bits per heavy atom. The highest BCUT2D eigenvalue weighted by Gasteiger charge is 1.87. The normalized spacial score (nSPS) is 8.60. The quantitative estimate of drug-likeness (QED) is 0.669. The van der Waals surface area contributed by atoms with Gasteiger partial charge in [0.2, 0.25) is 0 Å². The van der Waals surface area contributed by atoms with Crippen molar-refractivity contribution in [2.24, 2.45) is 5.73 Å². The molecule has 0 radical (unpaired) electrons. The number of hydrogen-bond donors (Lipinski definition) is 1. The van der Waals surface area contributed by atoms with Gasteiger partial charge in [-0.25, -0.2) is 0 Å². The molecule has 0 aliphatic carbocycles. The Hall–Kier alpha value is -0.600. The predicted molar refractivity (Wildman–Crippen MR) is 44.1 cm³/mol. The molecular weight excluding hydrogens is 148 g/mol. The van der Waals surface area contributed by atoms with Gasteiger partial charge in [-0.05, 0) is 24.6 Å². The zero-order chi connectivity index (χ0) is 6.69. The van der Waals surface area contributed by atoms with Crippen LogP contribution in [0.2, 0.25) is 0 Å². The Bertz CT molecular complexity index is 201. The van der Waals surface area contributed by atoms with Crippen LogP contribution >= 0.6 is 12.4 Å². The second-order valence-corrected chi connectivity index (χ2v) is 2.03. The molecule has 2 nitrogen and oxygen atoms in total. The Balaban J connectivity index is 0.000000810. The first-order valence-electron chi connectivity index (χ1n) is 2.94. The zero-order valence-electron chi connectivity index (χ0n) is 5.87. The summed E-state index contributed by atoms with van der Waals surface area (Å²) in [7, 11) is 0. The lowest BCUT2D eigenvalue weighted by Crippen LogP contribution is -1.98. The first-order chi connectivity index (χ1) is 4.33. The molecule has 0 saturated heterocycles. The Labute approximate surface area is 66.9 Å². The summed E-state index contributed by atoms with van der Waals surface area (Å²) >= 11 is 0. The van der Waals surface area contributed by atoms with Crippen LogP contribution in [0, 0.1) is 6.92 Å². The molecular formula is C7H11ClN2. The van der Waals surface area contributed by atoms with Crippen molar-refractivity contribution in [2.75, 3.05) is 0 Å². The molecule has 0 aliphatic rings. The number of nitrogens with two attached hydrogens (primary N) is 1. The summed E-state index contributed by atoms with van der Waals surface area (Å²) < 4.78 is 0. The van der Waals surface area contributed by atoms with E-state index in [0.717, 1.165) is 5.69 Å². The average molecular weight is 159 g/mol. The van der Waals surface area contributed by atoms with Crippen LogP contribution in [-0.4, -0.2) is 4.98 Å². The summed E-state index contributed by atoms with van der Waals surface area (Å²) in [4.78, 5) is 4.03. The highest BCUT2D eigenvalue weighted by molar-refractivity contribution is 5.85. The molecule has 2 N–H and O–H groups in total. The molecule has 56 valence electrons. The largest absolute Gasteiger partial charge is 0.325 e. The van der Waals surface area contributed by atoms with Gasteiger partial charge in [-0.3, -0.25) is 4.98 Å². The Morgan fingerprint density at radius 3 is 2.70 bits per heavy atom. The van der Waals surface area contributed by atoms with Crippen LogP contribution in [0.25, 0.3) is 0 Å². The second kappa shape index (κ2) is 4.25. The maximum atomic E-state index is 5.36. The van der Waals surface area contributed by atoms with E-state index in [1.807, 2.05) is 19.1 Å². The maximum absolute atomic E-state index is 5.36. The van der Waals surface area contributed by atoms with E-state index in [9.17, 15) is 0 Å². The van der Waals surface area contributed by atoms with Crippen molar-refractivity contribution in [1.29, 1.82) is 0 Å². The molecule has 1 aromatic rings. The number of rotatable bonds is 1. The molecule has 0 fully saturated rings. The van der Waals surface area contributed by atoms with Crippen molar-refractivity contribution < 1.29 is 0 Å². The molecule has 0 aromatic carbocycles. The van der Waals surface area contributed by atoms with Crippen LogP contribution < -0.4 is 5.73 Å². The lowest BCUT2D eigenvalue weighted by atomic mass is 10.2. The summed E-state index contributed by atoms with van der Waals surface area (Å²) in [5.74, 6) is 0. The molecule has 0 spiro atoms. The Kier molecular flexibility index (Phi) is 4.00. The second-order valence-electron chi connectivity index (χ2n) is 2.03. The van der Waals surface area contributed by atoms with Crippen molar-refractivity contribution in [3.8, 4) is 0 Å². The molecule has 0 unspecified atom stereocenters. The summed E-state index contributed by atoms with van der Waals surface area (Å²) in [5, 5.41) is 0. The molecule has 10 heavy (non-hydrogen) atoms. The number of aryl methyl sites for hydroxylation is 1. The van der Waals surface area contributed by atoms with Gasteiger partial charge in [0.25, 0.3) is 0 Å². The van der Waals surface area contributed by atoms with Gasteiger partial charge in [0.15, 0.2) is 0 Å². The third-order valence-electron chi connectivity index (χ3n) is 1.18. The molecule has 0 aliphatic heterocycles. The predicted octanol–water partition coefficient (Wildman–Crippen LogP) is 1.27. The standard InChI is InChI=1S/C7H10N2.ClH/c1-6-2-3-9-7(4-6)5-8;/h2-4H,5,8H2,1H3;1H. The van der Waals surface area contributed by atoms with Crippen LogP contribution in [0.1, 0.15) is 11.3 Å². The van der Waals surface area contributed by atoms with Crippen LogP contribution in [-0.2, 0) is 6.54 Å². The maximum Gasteiger partial charge on any atom is 0.0542 e. The minimum Gasteiger partial charge on any atom is -0.325 e. The van der Waals surface area contributed by atoms with E-state index in [-0.39, 0.29) is 12.4 Å². The number of aromatic nitrogens is 1. The number of hydrogen-bond acceptors (Lipinski definition) is 2. The molecule has 1 rings (SSSR count). The zero-order valence-corrected chi connectivity index (χ0v) is 6.69. The van der Waals surface area contributed by atoms with E-state index in [4.69, 9.17) is 5.73 Å². The van der Waals surface area contributed by atoms with Gasteiger partial charge in [-0.1, -0.05) is 0 Å². The van der Waals surface area contributed by atoms with Gasteiger partial charge in [0.1, 0.15) is 0 Å². The van der Waals surface area contributed by atoms with Gasteiger partial charge in [-0.2, -0.15) is 0 Å². The van der Waals surface area contributed by atoms with E-state index < -0.39 is 0 Å². The van der Waals surface area contributed by atoms with Gasteiger partial charge in [0.05, 0.1) is 5.69 Å². The van der Waals surface area contributed by atoms with Crippen molar-refractivity contribution in [2.45, 2.75) is 13.5 Å². The van der Waals surface area contributed by atoms with E-state index >= 15 is 0 Å². The summed E-state index contributed by atoms with van der Waals surface area (Å²) in [6.45, 7) is 2.56. The first kappa shape index (κ1) is 9.40. The van der Waals surface area contributed by atoms with Crippen LogP contribution in [0.15, 0.2) is 18.3 Å². The fourth-order valence-electron chi connectivity index (χ4n) is 0.710. The first-order valence-corrected chi connectivity index (χ1v) is 2.94. The molecule has 0 amide bonds. The summed E-state index contributed by atoms with van der Waals surface area (Å²) in [5.41, 5.74) is 7.52. The van der Waals surface area contributed by atoms with Crippen LogP contribution in [0.5, 0.6) is 0 Å². The van der Waals surface area contributed by atoms with Gasteiger partial charge in [0, 0.05) is 12.7 Å². The molecule has 0 saturated carbocycles. The monoisotopic (exact) mass is 158 g/mol. The van der Waals surface area contributed by atoms with E-state index in [1.54, 1.807) is 6.20 Å².